The fraction of sp³-hybridized carbons (Fsp3) is 0.526. The summed E-state index contributed by atoms with van der Waals surface area (Å²) in [6.45, 7) is 5.75. The number of amides is 1. The van der Waals surface area contributed by atoms with Crippen molar-refractivity contribution in [1.29, 1.82) is 0 Å². The molecule has 1 aliphatic heterocycles. The molecule has 0 aliphatic carbocycles. The summed E-state index contributed by atoms with van der Waals surface area (Å²) in [5.41, 5.74) is 2.42. The van der Waals surface area contributed by atoms with Gasteiger partial charge in [-0.2, -0.15) is 0 Å². The first-order valence-electron chi connectivity index (χ1n) is 9.16. The summed E-state index contributed by atoms with van der Waals surface area (Å²) < 4.78 is 1.99. The summed E-state index contributed by atoms with van der Waals surface area (Å²) in [6.07, 6.45) is 5.23. The van der Waals surface area contributed by atoms with Crippen LogP contribution in [0.4, 0.5) is 0 Å². The van der Waals surface area contributed by atoms with E-state index in [2.05, 4.69) is 52.0 Å². The molecule has 1 atom stereocenters. The predicted molar refractivity (Wildman–Crippen MR) is 97.2 cm³/mol. The lowest BCUT2D eigenvalue weighted by atomic mass is 9.97. The Labute approximate surface area is 149 Å². The number of hydrogen-bond donors (Lipinski definition) is 2. The van der Waals surface area contributed by atoms with Crippen molar-refractivity contribution in [2.24, 2.45) is 5.92 Å². The Bertz CT molecular complexity index is 673. The van der Waals surface area contributed by atoms with Gasteiger partial charge >= 0.3 is 0 Å². The van der Waals surface area contributed by atoms with Gasteiger partial charge in [0.2, 0.25) is 5.91 Å². The van der Waals surface area contributed by atoms with E-state index >= 15 is 0 Å². The van der Waals surface area contributed by atoms with Gasteiger partial charge in [-0.15, -0.1) is 10.2 Å². The third-order valence-corrected chi connectivity index (χ3v) is 4.78. The van der Waals surface area contributed by atoms with Crippen LogP contribution >= 0.6 is 0 Å². The van der Waals surface area contributed by atoms with Crippen LogP contribution in [0.5, 0.6) is 0 Å². The molecule has 2 N–H and O–H groups in total. The summed E-state index contributed by atoms with van der Waals surface area (Å²) >= 11 is 0. The largest absolute Gasteiger partial charge is 0.355 e. The predicted octanol–water partition coefficient (Wildman–Crippen LogP) is 1.35. The number of benzene rings is 1. The molecular weight excluding hydrogens is 314 g/mol. The average Bonchev–Trinajstić information content (AvgIpc) is 3.28. The highest BCUT2D eigenvalue weighted by atomic mass is 16.1. The van der Waals surface area contributed by atoms with E-state index in [-0.39, 0.29) is 5.91 Å². The number of nitrogens with one attached hydrogen (secondary N) is 2. The maximum atomic E-state index is 12.1. The van der Waals surface area contributed by atoms with E-state index in [4.69, 9.17) is 0 Å². The number of rotatable bonds is 8. The topological polar surface area (TPSA) is 71.8 Å². The van der Waals surface area contributed by atoms with E-state index in [9.17, 15) is 4.79 Å². The molecule has 1 aliphatic rings. The second-order valence-electron chi connectivity index (χ2n) is 6.69. The Morgan fingerprint density at radius 3 is 2.84 bits per heavy atom. The SMILES string of the molecule is CCn1cnnc1CCNC(=O)Cc1ccc(CC2CCNC2)cc1. The molecule has 0 radical (unpaired) electrons. The number of carbonyl (C=O) groups excluding carboxylic acids is 1. The lowest BCUT2D eigenvalue weighted by molar-refractivity contribution is -0.120. The van der Waals surface area contributed by atoms with Gasteiger partial charge in [-0.1, -0.05) is 24.3 Å². The molecule has 25 heavy (non-hydrogen) atoms. The van der Waals surface area contributed by atoms with Gasteiger partial charge in [-0.3, -0.25) is 4.79 Å². The second-order valence-corrected chi connectivity index (χ2v) is 6.69. The van der Waals surface area contributed by atoms with Crippen molar-refractivity contribution in [3.8, 4) is 0 Å². The first kappa shape index (κ1) is 17.6. The van der Waals surface area contributed by atoms with Crippen LogP contribution in [-0.2, 0) is 30.6 Å². The normalized spacial score (nSPS) is 16.9. The maximum Gasteiger partial charge on any atom is 0.224 e. The van der Waals surface area contributed by atoms with Crippen LogP contribution in [0.1, 0.15) is 30.3 Å². The van der Waals surface area contributed by atoms with Crippen LogP contribution in [0.25, 0.3) is 0 Å². The zero-order chi connectivity index (χ0) is 17.5. The summed E-state index contributed by atoms with van der Waals surface area (Å²) in [7, 11) is 0. The van der Waals surface area contributed by atoms with Gasteiger partial charge in [0.05, 0.1) is 6.42 Å². The highest BCUT2D eigenvalue weighted by Crippen LogP contribution is 2.15. The van der Waals surface area contributed by atoms with Crippen LogP contribution in [0.15, 0.2) is 30.6 Å². The minimum atomic E-state index is 0.0512. The van der Waals surface area contributed by atoms with Gasteiger partial charge in [0, 0.05) is 19.5 Å². The summed E-state index contributed by atoms with van der Waals surface area (Å²) in [5, 5.41) is 14.3. The molecule has 1 saturated heterocycles. The van der Waals surface area contributed by atoms with Gasteiger partial charge in [0.15, 0.2) is 0 Å². The summed E-state index contributed by atoms with van der Waals surface area (Å²) in [4.78, 5) is 12.1. The van der Waals surface area contributed by atoms with Crippen molar-refractivity contribution in [3.63, 3.8) is 0 Å². The molecule has 6 nitrogen and oxygen atoms in total. The average molecular weight is 341 g/mol. The fourth-order valence-electron chi connectivity index (χ4n) is 3.31. The van der Waals surface area contributed by atoms with E-state index < -0.39 is 0 Å². The van der Waals surface area contributed by atoms with Crippen molar-refractivity contribution in [2.75, 3.05) is 19.6 Å². The van der Waals surface area contributed by atoms with Crippen LogP contribution in [0.3, 0.4) is 0 Å². The van der Waals surface area contributed by atoms with Gasteiger partial charge in [0.1, 0.15) is 12.2 Å². The van der Waals surface area contributed by atoms with Gasteiger partial charge in [-0.05, 0) is 49.9 Å². The third kappa shape index (κ3) is 5.13. The van der Waals surface area contributed by atoms with E-state index in [0.29, 0.717) is 19.4 Å². The van der Waals surface area contributed by atoms with Crippen molar-refractivity contribution < 1.29 is 4.79 Å². The number of nitrogens with zero attached hydrogens (tertiary/aromatic N) is 3. The monoisotopic (exact) mass is 341 g/mol. The Morgan fingerprint density at radius 1 is 1.32 bits per heavy atom. The van der Waals surface area contributed by atoms with Crippen molar-refractivity contribution in [3.05, 3.63) is 47.5 Å². The van der Waals surface area contributed by atoms with Crippen LogP contribution in [0, 0.1) is 5.92 Å². The lowest BCUT2D eigenvalue weighted by Crippen LogP contribution is -2.27. The molecule has 6 heteroatoms. The Kier molecular flexibility index (Phi) is 6.17. The maximum absolute atomic E-state index is 12.1. The number of carbonyl (C=O) groups is 1. The van der Waals surface area contributed by atoms with Gasteiger partial charge < -0.3 is 15.2 Å². The molecule has 1 unspecified atom stereocenters. The smallest absolute Gasteiger partial charge is 0.224 e. The minimum Gasteiger partial charge on any atom is -0.355 e. The second kappa shape index (κ2) is 8.76. The zero-order valence-electron chi connectivity index (χ0n) is 14.9. The molecule has 0 spiro atoms. The molecule has 1 fully saturated rings. The molecular formula is C19H27N5O. The summed E-state index contributed by atoms with van der Waals surface area (Å²) in [6, 6.07) is 8.46. The molecule has 1 aromatic carbocycles. The van der Waals surface area contributed by atoms with Crippen molar-refractivity contribution in [2.45, 2.75) is 39.2 Å². The summed E-state index contributed by atoms with van der Waals surface area (Å²) in [5.74, 6) is 1.71. The van der Waals surface area contributed by atoms with Crippen molar-refractivity contribution >= 4 is 5.91 Å². The molecule has 2 heterocycles. The minimum absolute atomic E-state index is 0.0512. The highest BCUT2D eigenvalue weighted by Gasteiger charge is 2.14. The van der Waals surface area contributed by atoms with Crippen LogP contribution in [-0.4, -0.2) is 40.3 Å². The Balaban J connectivity index is 1.41. The molecule has 1 amide bonds. The zero-order valence-corrected chi connectivity index (χ0v) is 14.9. The highest BCUT2D eigenvalue weighted by molar-refractivity contribution is 5.78. The van der Waals surface area contributed by atoms with Gasteiger partial charge in [0.25, 0.3) is 0 Å². The van der Waals surface area contributed by atoms with Crippen LogP contribution < -0.4 is 10.6 Å². The molecule has 0 saturated carbocycles. The number of hydrogen-bond acceptors (Lipinski definition) is 4. The lowest BCUT2D eigenvalue weighted by Gasteiger charge is -2.09. The Hall–Kier alpha value is -2.21. The first-order chi connectivity index (χ1) is 12.2. The fourth-order valence-corrected chi connectivity index (χ4v) is 3.31. The van der Waals surface area contributed by atoms with Crippen LogP contribution in [0.2, 0.25) is 0 Å². The van der Waals surface area contributed by atoms with E-state index in [1.165, 1.54) is 12.0 Å². The quantitative estimate of drug-likeness (QED) is 0.760. The molecule has 1 aromatic heterocycles. The molecule has 2 aromatic rings. The Morgan fingerprint density at radius 2 is 2.12 bits per heavy atom. The van der Waals surface area contributed by atoms with Crippen molar-refractivity contribution in [1.82, 2.24) is 25.4 Å². The number of aryl methyl sites for hydroxylation is 1. The van der Waals surface area contributed by atoms with E-state index in [0.717, 1.165) is 43.4 Å². The van der Waals surface area contributed by atoms with E-state index in [1.54, 1.807) is 6.33 Å². The molecule has 0 bridgehead atoms. The van der Waals surface area contributed by atoms with Gasteiger partial charge in [-0.25, -0.2) is 0 Å². The van der Waals surface area contributed by atoms with E-state index in [1.807, 2.05) is 4.57 Å². The third-order valence-electron chi connectivity index (χ3n) is 4.78. The molecule has 134 valence electrons. The standard InChI is InChI=1S/C19H27N5O/c1-2-24-14-22-23-18(24)8-10-21-19(25)12-16-5-3-15(4-6-16)11-17-7-9-20-13-17/h3-6,14,17,20H,2,7-13H2,1H3,(H,21,25). The first-order valence-corrected chi connectivity index (χ1v) is 9.16. The number of aromatic nitrogens is 3. The molecule has 3 rings (SSSR count).